The quantitative estimate of drug-likeness (QED) is 0.785. The molecule has 0 bridgehead atoms. The lowest BCUT2D eigenvalue weighted by atomic mass is 9.76. The number of aromatic nitrogens is 2. The fourth-order valence-electron chi connectivity index (χ4n) is 3.58. The van der Waals surface area contributed by atoms with E-state index < -0.39 is 0 Å². The molecule has 0 radical (unpaired) electrons. The Morgan fingerprint density at radius 3 is 2.59 bits per heavy atom. The Morgan fingerprint density at radius 2 is 2.09 bits per heavy atom. The zero-order valence-corrected chi connectivity index (χ0v) is 14.6. The molecule has 122 valence electrons. The molecule has 3 rings (SSSR count). The van der Waals surface area contributed by atoms with E-state index in [1.165, 1.54) is 19.3 Å². The minimum atomic E-state index is -0.299. The van der Waals surface area contributed by atoms with E-state index in [-0.39, 0.29) is 18.3 Å². The molecule has 1 saturated carbocycles. The summed E-state index contributed by atoms with van der Waals surface area (Å²) < 4.78 is 14.8. The highest BCUT2D eigenvalue weighted by Gasteiger charge is 2.57. The largest absolute Gasteiger partial charge is 0.498 e. The molecule has 0 N–H and O–H groups in total. The molecule has 2 aliphatic rings. The van der Waals surface area contributed by atoms with Crippen LogP contribution in [0, 0.1) is 11.8 Å². The van der Waals surface area contributed by atoms with Crippen LogP contribution in [0.2, 0.25) is 0 Å². The molecule has 22 heavy (non-hydrogen) atoms. The standard InChI is InChI=1S/C17H29BN2O2/c1-6-16(4)17(5,13(2)3)22-18(21-16)15-10-19-20(12-15)11-14-8-7-9-14/h10,12-14H,6-9,11H2,1-5H3. The molecular weight excluding hydrogens is 275 g/mol. The smallest absolute Gasteiger partial charge is 0.399 e. The maximum atomic E-state index is 6.39. The summed E-state index contributed by atoms with van der Waals surface area (Å²) in [6, 6.07) is 0. The van der Waals surface area contributed by atoms with Crippen molar-refractivity contribution < 1.29 is 9.31 Å². The first kappa shape index (κ1) is 16.1. The Bertz CT molecular complexity index is 528. The van der Waals surface area contributed by atoms with Crippen LogP contribution in [0.5, 0.6) is 0 Å². The van der Waals surface area contributed by atoms with Gasteiger partial charge in [0, 0.05) is 24.4 Å². The van der Waals surface area contributed by atoms with E-state index in [2.05, 4.69) is 50.6 Å². The Morgan fingerprint density at radius 1 is 1.36 bits per heavy atom. The SMILES string of the molecule is CCC1(C)OB(c2cnn(CC3CCC3)c2)OC1(C)C(C)C. The summed E-state index contributed by atoms with van der Waals surface area (Å²) >= 11 is 0. The number of rotatable bonds is 5. The molecule has 1 aliphatic heterocycles. The summed E-state index contributed by atoms with van der Waals surface area (Å²) in [7, 11) is -0.299. The van der Waals surface area contributed by atoms with Crippen LogP contribution in [0.25, 0.3) is 0 Å². The van der Waals surface area contributed by atoms with E-state index in [0.717, 1.165) is 24.3 Å². The molecule has 1 aromatic heterocycles. The normalized spacial score (nSPS) is 32.7. The number of hydrogen-bond acceptors (Lipinski definition) is 3. The number of hydrogen-bond donors (Lipinski definition) is 0. The first-order chi connectivity index (χ1) is 10.4. The Labute approximate surface area is 134 Å². The highest BCUT2D eigenvalue weighted by molar-refractivity contribution is 6.62. The van der Waals surface area contributed by atoms with Crippen molar-refractivity contribution in [2.75, 3.05) is 0 Å². The van der Waals surface area contributed by atoms with Crippen molar-refractivity contribution in [3.05, 3.63) is 12.4 Å². The van der Waals surface area contributed by atoms with Crippen LogP contribution in [0.3, 0.4) is 0 Å². The predicted molar refractivity (Wildman–Crippen MR) is 89.1 cm³/mol. The maximum absolute atomic E-state index is 6.39. The second-order valence-corrected chi connectivity index (χ2v) is 7.71. The molecule has 5 heteroatoms. The van der Waals surface area contributed by atoms with Gasteiger partial charge in [-0.05, 0) is 44.9 Å². The van der Waals surface area contributed by atoms with Gasteiger partial charge in [0.25, 0.3) is 0 Å². The molecule has 0 amide bonds. The molecular formula is C17H29BN2O2. The molecule has 4 nitrogen and oxygen atoms in total. The molecule has 2 atom stereocenters. The van der Waals surface area contributed by atoms with Crippen molar-refractivity contribution in [3.8, 4) is 0 Å². The van der Waals surface area contributed by atoms with Crippen molar-refractivity contribution >= 4 is 12.6 Å². The molecule has 2 unspecified atom stereocenters. The highest BCUT2D eigenvalue weighted by atomic mass is 16.7. The van der Waals surface area contributed by atoms with Gasteiger partial charge in [0.05, 0.1) is 11.2 Å². The van der Waals surface area contributed by atoms with Gasteiger partial charge in [0.2, 0.25) is 0 Å². The summed E-state index contributed by atoms with van der Waals surface area (Å²) in [5, 5.41) is 4.51. The van der Waals surface area contributed by atoms with E-state index in [1.54, 1.807) is 0 Å². The van der Waals surface area contributed by atoms with E-state index in [0.29, 0.717) is 5.92 Å². The lowest BCUT2D eigenvalue weighted by molar-refractivity contribution is -0.0575. The second-order valence-electron chi connectivity index (χ2n) is 7.71. The minimum absolute atomic E-state index is 0.262. The van der Waals surface area contributed by atoms with Crippen LogP contribution in [-0.4, -0.2) is 28.1 Å². The van der Waals surface area contributed by atoms with E-state index in [4.69, 9.17) is 9.31 Å². The molecule has 1 aromatic rings. The van der Waals surface area contributed by atoms with Crippen LogP contribution >= 0.6 is 0 Å². The van der Waals surface area contributed by atoms with Gasteiger partial charge in [0.15, 0.2) is 0 Å². The van der Waals surface area contributed by atoms with Gasteiger partial charge in [0.1, 0.15) is 0 Å². The van der Waals surface area contributed by atoms with Crippen LogP contribution < -0.4 is 5.46 Å². The molecule has 1 saturated heterocycles. The second kappa shape index (κ2) is 5.68. The van der Waals surface area contributed by atoms with E-state index in [1.807, 2.05) is 6.20 Å². The molecule has 1 aliphatic carbocycles. The van der Waals surface area contributed by atoms with Crippen molar-refractivity contribution in [1.82, 2.24) is 9.78 Å². The maximum Gasteiger partial charge on any atom is 0.498 e. The van der Waals surface area contributed by atoms with Crippen LogP contribution in [0.15, 0.2) is 12.4 Å². The molecule has 2 heterocycles. The fourth-order valence-corrected chi connectivity index (χ4v) is 3.58. The third-order valence-electron chi connectivity index (χ3n) is 6.14. The van der Waals surface area contributed by atoms with Crippen molar-refractivity contribution in [3.63, 3.8) is 0 Å². The number of nitrogens with zero attached hydrogens (tertiary/aromatic N) is 2. The monoisotopic (exact) mass is 304 g/mol. The van der Waals surface area contributed by atoms with E-state index in [9.17, 15) is 0 Å². The third kappa shape index (κ3) is 2.52. The third-order valence-corrected chi connectivity index (χ3v) is 6.14. The first-order valence-electron chi connectivity index (χ1n) is 8.76. The molecule has 2 fully saturated rings. The van der Waals surface area contributed by atoms with Gasteiger partial charge in [-0.1, -0.05) is 27.2 Å². The Kier molecular flexibility index (Phi) is 4.15. The van der Waals surface area contributed by atoms with Gasteiger partial charge >= 0.3 is 7.12 Å². The van der Waals surface area contributed by atoms with Crippen LogP contribution in [0.4, 0.5) is 0 Å². The summed E-state index contributed by atoms with van der Waals surface area (Å²) in [6.45, 7) is 12.0. The zero-order chi connectivity index (χ0) is 16.0. The summed E-state index contributed by atoms with van der Waals surface area (Å²) in [5.41, 5.74) is 0.507. The van der Waals surface area contributed by atoms with Crippen molar-refractivity contribution in [2.24, 2.45) is 11.8 Å². The van der Waals surface area contributed by atoms with Gasteiger partial charge in [-0.3, -0.25) is 4.68 Å². The van der Waals surface area contributed by atoms with Gasteiger partial charge < -0.3 is 9.31 Å². The van der Waals surface area contributed by atoms with Gasteiger partial charge in [-0.2, -0.15) is 5.10 Å². The van der Waals surface area contributed by atoms with Crippen molar-refractivity contribution in [1.29, 1.82) is 0 Å². The summed E-state index contributed by atoms with van der Waals surface area (Å²) in [5.74, 6) is 1.20. The molecule has 0 spiro atoms. The molecule has 0 aromatic carbocycles. The van der Waals surface area contributed by atoms with Crippen LogP contribution in [0.1, 0.15) is 60.3 Å². The average Bonchev–Trinajstić information content (AvgIpc) is 2.99. The Hall–Kier alpha value is -0.805. The highest BCUT2D eigenvalue weighted by Crippen LogP contribution is 2.44. The minimum Gasteiger partial charge on any atom is -0.399 e. The summed E-state index contributed by atoms with van der Waals surface area (Å²) in [4.78, 5) is 0. The van der Waals surface area contributed by atoms with Gasteiger partial charge in [-0.15, -0.1) is 0 Å². The Balaban J connectivity index is 1.75. The fraction of sp³-hybridized carbons (Fsp3) is 0.824. The average molecular weight is 304 g/mol. The van der Waals surface area contributed by atoms with E-state index >= 15 is 0 Å². The first-order valence-corrected chi connectivity index (χ1v) is 8.76. The van der Waals surface area contributed by atoms with Crippen molar-refractivity contribution in [2.45, 2.75) is 78.0 Å². The van der Waals surface area contributed by atoms with Crippen LogP contribution in [-0.2, 0) is 15.9 Å². The predicted octanol–water partition coefficient (Wildman–Crippen LogP) is 3.01. The lowest BCUT2D eigenvalue weighted by Crippen LogP contribution is -2.50. The van der Waals surface area contributed by atoms with Gasteiger partial charge in [-0.25, -0.2) is 0 Å². The lowest BCUT2D eigenvalue weighted by Gasteiger charge is -2.41. The topological polar surface area (TPSA) is 36.3 Å². The zero-order valence-electron chi connectivity index (χ0n) is 14.6. The summed E-state index contributed by atoms with van der Waals surface area (Å²) in [6.07, 6.45) is 9.00.